The molecule has 0 saturated heterocycles. The minimum absolute atomic E-state index is 0.159. The summed E-state index contributed by atoms with van der Waals surface area (Å²) >= 11 is 0. The minimum atomic E-state index is 0.159. The number of nitrogens with zero attached hydrogens (tertiary/aromatic N) is 1. The first-order valence-corrected chi connectivity index (χ1v) is 7.09. The van der Waals surface area contributed by atoms with E-state index in [1.165, 1.54) is 0 Å². The van der Waals surface area contributed by atoms with Crippen molar-refractivity contribution in [1.29, 1.82) is 0 Å². The van der Waals surface area contributed by atoms with Gasteiger partial charge in [-0.05, 0) is 56.7 Å². The number of aromatic nitrogens is 1. The summed E-state index contributed by atoms with van der Waals surface area (Å²) in [6.45, 7) is 3.30. The molecule has 3 N–H and O–H groups in total. The van der Waals surface area contributed by atoms with E-state index in [1.54, 1.807) is 6.20 Å². The van der Waals surface area contributed by atoms with Gasteiger partial charge in [-0.15, -0.1) is 0 Å². The van der Waals surface area contributed by atoms with Crippen LogP contribution < -0.4 is 11.1 Å². The van der Waals surface area contributed by atoms with Gasteiger partial charge in [0.25, 0.3) is 0 Å². The number of hydrogen-bond donors (Lipinski definition) is 2. The summed E-state index contributed by atoms with van der Waals surface area (Å²) in [5, 5.41) is 3.01. The zero-order valence-corrected chi connectivity index (χ0v) is 11.6. The van der Waals surface area contributed by atoms with Crippen molar-refractivity contribution in [2.75, 3.05) is 6.54 Å². The summed E-state index contributed by atoms with van der Waals surface area (Å²) < 4.78 is 0. The van der Waals surface area contributed by atoms with Gasteiger partial charge in [0, 0.05) is 12.1 Å². The molecule has 0 aliphatic heterocycles. The third-order valence-corrected chi connectivity index (χ3v) is 4.10. The monoisotopic (exact) mass is 261 g/mol. The Morgan fingerprint density at radius 2 is 2.16 bits per heavy atom. The first-order valence-electron chi connectivity index (χ1n) is 7.09. The Labute approximate surface area is 114 Å². The molecule has 1 saturated carbocycles. The van der Waals surface area contributed by atoms with E-state index in [2.05, 4.69) is 10.3 Å². The lowest BCUT2D eigenvalue weighted by molar-refractivity contribution is -0.126. The maximum atomic E-state index is 12.1. The molecule has 1 aromatic heterocycles. The van der Waals surface area contributed by atoms with Crippen LogP contribution in [-0.2, 0) is 11.3 Å². The Kier molecular flexibility index (Phi) is 4.91. The van der Waals surface area contributed by atoms with Gasteiger partial charge in [0.2, 0.25) is 5.91 Å². The number of nitrogens with two attached hydrogens (primary N) is 1. The molecule has 0 spiro atoms. The highest BCUT2D eigenvalue weighted by Gasteiger charge is 2.25. The summed E-state index contributed by atoms with van der Waals surface area (Å²) in [4.78, 5) is 16.4. The molecule has 1 aromatic rings. The highest BCUT2D eigenvalue weighted by atomic mass is 16.1. The molecule has 104 valence electrons. The van der Waals surface area contributed by atoms with Crippen molar-refractivity contribution in [2.45, 2.75) is 39.2 Å². The summed E-state index contributed by atoms with van der Waals surface area (Å²) in [6, 6.07) is 3.93. The van der Waals surface area contributed by atoms with Gasteiger partial charge in [-0.1, -0.05) is 6.07 Å². The molecular formula is C15H23N3O. The third kappa shape index (κ3) is 3.77. The third-order valence-electron chi connectivity index (χ3n) is 4.10. The van der Waals surface area contributed by atoms with Crippen LogP contribution in [0.4, 0.5) is 0 Å². The van der Waals surface area contributed by atoms with E-state index < -0.39 is 0 Å². The Balaban J connectivity index is 1.81. The second-order valence-electron chi connectivity index (χ2n) is 5.44. The summed E-state index contributed by atoms with van der Waals surface area (Å²) in [5.74, 6) is 0.939. The van der Waals surface area contributed by atoms with Crippen molar-refractivity contribution in [2.24, 2.45) is 17.6 Å². The molecule has 0 aromatic carbocycles. The van der Waals surface area contributed by atoms with Crippen LogP contribution in [0.3, 0.4) is 0 Å². The molecule has 0 radical (unpaired) electrons. The number of aryl methyl sites for hydroxylation is 1. The lowest BCUT2D eigenvalue weighted by atomic mass is 9.81. The van der Waals surface area contributed by atoms with E-state index in [-0.39, 0.29) is 11.8 Å². The Morgan fingerprint density at radius 1 is 1.42 bits per heavy atom. The normalized spacial score (nSPS) is 23.1. The minimum Gasteiger partial charge on any atom is -0.350 e. The van der Waals surface area contributed by atoms with Gasteiger partial charge in [0.15, 0.2) is 0 Å². The molecule has 1 heterocycles. The Hall–Kier alpha value is -1.42. The van der Waals surface area contributed by atoms with E-state index in [1.807, 2.05) is 19.1 Å². The zero-order chi connectivity index (χ0) is 13.7. The SMILES string of the molecule is Cc1cccnc1CNC(=O)C1CCC(CN)CC1. The average molecular weight is 261 g/mol. The van der Waals surface area contributed by atoms with Crippen molar-refractivity contribution in [1.82, 2.24) is 10.3 Å². The number of hydrogen-bond acceptors (Lipinski definition) is 3. The van der Waals surface area contributed by atoms with Gasteiger partial charge in [-0.2, -0.15) is 0 Å². The van der Waals surface area contributed by atoms with Gasteiger partial charge in [-0.25, -0.2) is 0 Å². The van der Waals surface area contributed by atoms with Crippen molar-refractivity contribution in [3.63, 3.8) is 0 Å². The highest BCUT2D eigenvalue weighted by molar-refractivity contribution is 5.78. The van der Waals surface area contributed by atoms with E-state index in [4.69, 9.17) is 5.73 Å². The molecular weight excluding hydrogens is 238 g/mol. The number of carbonyl (C=O) groups is 1. The van der Waals surface area contributed by atoms with Crippen LogP contribution in [0.25, 0.3) is 0 Å². The van der Waals surface area contributed by atoms with Gasteiger partial charge in [-0.3, -0.25) is 9.78 Å². The largest absolute Gasteiger partial charge is 0.350 e. The van der Waals surface area contributed by atoms with Gasteiger partial charge in [0.05, 0.1) is 12.2 Å². The van der Waals surface area contributed by atoms with Gasteiger partial charge < -0.3 is 11.1 Å². The fourth-order valence-electron chi connectivity index (χ4n) is 2.68. The predicted molar refractivity (Wildman–Crippen MR) is 75.3 cm³/mol. The van der Waals surface area contributed by atoms with Crippen LogP contribution >= 0.6 is 0 Å². The summed E-state index contributed by atoms with van der Waals surface area (Å²) in [6.07, 6.45) is 5.86. The van der Waals surface area contributed by atoms with Crippen LogP contribution in [0.5, 0.6) is 0 Å². The van der Waals surface area contributed by atoms with Crippen molar-refractivity contribution < 1.29 is 4.79 Å². The average Bonchev–Trinajstić information content (AvgIpc) is 2.46. The fourth-order valence-corrected chi connectivity index (χ4v) is 2.68. The van der Waals surface area contributed by atoms with Gasteiger partial charge in [0.1, 0.15) is 0 Å². The molecule has 0 bridgehead atoms. The molecule has 1 amide bonds. The lowest BCUT2D eigenvalue weighted by Crippen LogP contribution is -2.34. The molecule has 4 heteroatoms. The van der Waals surface area contributed by atoms with Crippen LogP contribution in [-0.4, -0.2) is 17.4 Å². The predicted octanol–water partition coefficient (Wildman–Crippen LogP) is 1.77. The van der Waals surface area contributed by atoms with Crippen LogP contribution in [0.15, 0.2) is 18.3 Å². The summed E-state index contributed by atoms with van der Waals surface area (Å²) in [7, 11) is 0. The quantitative estimate of drug-likeness (QED) is 0.868. The number of amides is 1. The highest BCUT2D eigenvalue weighted by Crippen LogP contribution is 2.28. The summed E-state index contributed by atoms with van der Waals surface area (Å²) in [5.41, 5.74) is 7.74. The lowest BCUT2D eigenvalue weighted by Gasteiger charge is -2.26. The van der Waals surface area contributed by atoms with Crippen molar-refractivity contribution in [3.8, 4) is 0 Å². The topological polar surface area (TPSA) is 68.0 Å². The smallest absolute Gasteiger partial charge is 0.223 e. The maximum Gasteiger partial charge on any atom is 0.223 e. The number of pyridine rings is 1. The Bertz CT molecular complexity index is 425. The molecule has 1 fully saturated rings. The first kappa shape index (κ1) is 14.0. The zero-order valence-electron chi connectivity index (χ0n) is 11.6. The second kappa shape index (κ2) is 6.66. The Morgan fingerprint density at radius 3 is 2.79 bits per heavy atom. The molecule has 4 nitrogen and oxygen atoms in total. The number of nitrogens with one attached hydrogen (secondary N) is 1. The standard InChI is InChI=1S/C15H23N3O/c1-11-3-2-8-17-14(11)10-18-15(19)13-6-4-12(9-16)5-7-13/h2-3,8,12-13H,4-7,9-10,16H2,1H3,(H,18,19). The van der Waals surface area contributed by atoms with Crippen molar-refractivity contribution >= 4 is 5.91 Å². The molecule has 1 aliphatic carbocycles. The second-order valence-corrected chi connectivity index (χ2v) is 5.44. The molecule has 0 atom stereocenters. The fraction of sp³-hybridized carbons (Fsp3) is 0.600. The molecule has 2 rings (SSSR count). The van der Waals surface area contributed by atoms with Crippen LogP contribution in [0.1, 0.15) is 36.9 Å². The maximum absolute atomic E-state index is 12.1. The van der Waals surface area contributed by atoms with E-state index in [0.717, 1.165) is 43.5 Å². The van der Waals surface area contributed by atoms with E-state index in [0.29, 0.717) is 12.5 Å². The first-order chi connectivity index (χ1) is 9.20. The van der Waals surface area contributed by atoms with E-state index in [9.17, 15) is 4.79 Å². The molecule has 19 heavy (non-hydrogen) atoms. The van der Waals surface area contributed by atoms with Crippen molar-refractivity contribution in [3.05, 3.63) is 29.6 Å². The van der Waals surface area contributed by atoms with Gasteiger partial charge >= 0.3 is 0 Å². The molecule has 0 unspecified atom stereocenters. The molecule has 1 aliphatic rings. The van der Waals surface area contributed by atoms with Crippen LogP contribution in [0, 0.1) is 18.8 Å². The van der Waals surface area contributed by atoms with Crippen LogP contribution in [0.2, 0.25) is 0 Å². The number of rotatable bonds is 4. The number of carbonyl (C=O) groups excluding carboxylic acids is 1. The van der Waals surface area contributed by atoms with E-state index >= 15 is 0 Å².